The molecular weight excluding hydrogens is 494 g/mol. The van der Waals surface area contributed by atoms with Crippen LogP contribution in [-0.4, -0.2) is 30.1 Å². The lowest BCUT2D eigenvalue weighted by Crippen LogP contribution is -2.32. The van der Waals surface area contributed by atoms with Gasteiger partial charge in [0.05, 0.1) is 11.4 Å². The van der Waals surface area contributed by atoms with Gasteiger partial charge in [0.15, 0.2) is 23.6 Å². The van der Waals surface area contributed by atoms with Crippen molar-refractivity contribution in [1.29, 1.82) is 0 Å². The summed E-state index contributed by atoms with van der Waals surface area (Å²) in [5.74, 6) is 5.59. The first-order valence-corrected chi connectivity index (χ1v) is 12.1. The maximum atomic E-state index is 14.1. The smallest absolute Gasteiger partial charge is 0.264 e. The van der Waals surface area contributed by atoms with E-state index in [1.54, 1.807) is 29.1 Å². The number of hydrogen-bond donors (Lipinski definition) is 2. The quantitative estimate of drug-likeness (QED) is 0.343. The first-order chi connectivity index (χ1) is 19.0. The van der Waals surface area contributed by atoms with E-state index in [0.717, 1.165) is 0 Å². The number of anilines is 1. The number of fused-ring (bicyclic) bond motifs is 2. The Hall–Kier alpha value is -5.69. The number of nitrogen functional groups attached to an aromatic ring is 1. The molecule has 0 bridgehead atoms. The molecule has 0 spiro atoms. The Labute approximate surface area is 221 Å². The van der Waals surface area contributed by atoms with Crippen LogP contribution in [0.1, 0.15) is 40.3 Å². The summed E-state index contributed by atoms with van der Waals surface area (Å²) in [4.78, 5) is 35.7. The highest BCUT2D eigenvalue weighted by Gasteiger charge is 2.23. The molecule has 1 atom stereocenters. The maximum absolute atomic E-state index is 14.1. The van der Waals surface area contributed by atoms with E-state index in [9.17, 15) is 9.59 Å². The zero-order chi connectivity index (χ0) is 26.9. The first kappa shape index (κ1) is 23.7. The van der Waals surface area contributed by atoms with Crippen molar-refractivity contribution in [3.05, 3.63) is 119 Å². The number of carbonyl (C=O) groups excluding carboxylic acids is 1. The van der Waals surface area contributed by atoms with E-state index in [1.807, 2.05) is 55.5 Å². The summed E-state index contributed by atoms with van der Waals surface area (Å²) >= 11 is 0. The van der Waals surface area contributed by atoms with Crippen LogP contribution in [0.5, 0.6) is 0 Å². The lowest BCUT2D eigenvalue weighted by Gasteiger charge is -2.21. The zero-order valence-corrected chi connectivity index (χ0v) is 20.7. The molecule has 4 heterocycles. The molecule has 0 saturated carbocycles. The van der Waals surface area contributed by atoms with Gasteiger partial charge >= 0.3 is 0 Å². The van der Waals surface area contributed by atoms with Gasteiger partial charge < -0.3 is 15.5 Å². The van der Waals surface area contributed by atoms with Crippen LogP contribution in [0.15, 0.2) is 94.9 Å². The summed E-state index contributed by atoms with van der Waals surface area (Å²) < 4.78 is 8.03. The van der Waals surface area contributed by atoms with Crippen molar-refractivity contribution in [3.8, 4) is 17.5 Å². The number of benzene rings is 2. The second kappa shape index (κ2) is 9.64. The first-order valence-electron chi connectivity index (χ1n) is 12.1. The molecule has 0 aliphatic carbocycles. The molecule has 3 N–H and O–H groups in total. The largest absolute Gasteiger partial charge is 0.450 e. The SMILES string of the molecule is CC(NC(=O)c1c(N)nn2cccnc12)c1cc2cccc(C#Cc3cocn3)c2c(=O)n1-c1ccccc1. The molecule has 1 amide bonds. The van der Waals surface area contributed by atoms with E-state index in [0.29, 0.717) is 39.1 Å². The number of amides is 1. The molecule has 10 heteroatoms. The number of carbonyl (C=O) groups is 1. The van der Waals surface area contributed by atoms with Crippen LogP contribution >= 0.6 is 0 Å². The number of pyridine rings is 1. The second-order valence-electron chi connectivity index (χ2n) is 8.78. The van der Waals surface area contributed by atoms with E-state index in [1.165, 1.54) is 17.2 Å². The van der Waals surface area contributed by atoms with Crippen molar-refractivity contribution in [2.45, 2.75) is 13.0 Å². The standard InChI is InChI=1S/C29H21N7O3/c1-18(33-28(37)25-26(30)34-35-14-6-13-31-27(25)35)23-15-20-8-5-7-19(11-12-21-16-39-17-32-21)24(20)29(38)36(23)22-9-3-2-4-10-22/h2-10,13-18H,1H3,(H2,30,34)(H,33,37). The minimum absolute atomic E-state index is 0.0627. The van der Waals surface area contributed by atoms with Gasteiger partial charge in [-0.1, -0.05) is 36.3 Å². The Morgan fingerprint density at radius 1 is 1.08 bits per heavy atom. The third kappa shape index (κ3) is 4.28. The molecule has 190 valence electrons. The summed E-state index contributed by atoms with van der Waals surface area (Å²) in [6.45, 7) is 1.81. The summed E-state index contributed by atoms with van der Waals surface area (Å²) in [5, 5.41) is 8.29. The monoisotopic (exact) mass is 515 g/mol. The molecule has 1 unspecified atom stereocenters. The number of hydrogen-bond acceptors (Lipinski definition) is 7. The van der Waals surface area contributed by atoms with Gasteiger partial charge in [0.25, 0.3) is 11.5 Å². The number of nitrogens with one attached hydrogen (secondary N) is 1. The van der Waals surface area contributed by atoms with E-state index in [4.69, 9.17) is 10.2 Å². The van der Waals surface area contributed by atoms with Crippen LogP contribution in [0.3, 0.4) is 0 Å². The minimum atomic E-state index is -0.585. The normalized spacial score (nSPS) is 11.7. The topological polar surface area (TPSA) is 133 Å². The van der Waals surface area contributed by atoms with Crippen LogP contribution in [0, 0.1) is 11.8 Å². The van der Waals surface area contributed by atoms with Crippen molar-refractivity contribution < 1.29 is 9.21 Å². The highest BCUT2D eigenvalue weighted by Crippen LogP contribution is 2.24. The van der Waals surface area contributed by atoms with Crippen molar-refractivity contribution in [2.24, 2.45) is 0 Å². The number of rotatable bonds is 4. The van der Waals surface area contributed by atoms with Crippen LogP contribution in [0.4, 0.5) is 5.82 Å². The van der Waals surface area contributed by atoms with Crippen molar-refractivity contribution >= 4 is 28.1 Å². The van der Waals surface area contributed by atoms with Crippen molar-refractivity contribution in [1.82, 2.24) is 29.5 Å². The third-order valence-electron chi connectivity index (χ3n) is 6.29. The van der Waals surface area contributed by atoms with Gasteiger partial charge in [-0.2, -0.15) is 0 Å². The molecular formula is C29H21N7O3. The third-order valence-corrected chi connectivity index (χ3v) is 6.29. The Morgan fingerprint density at radius 3 is 2.72 bits per heavy atom. The fourth-order valence-electron chi connectivity index (χ4n) is 4.52. The van der Waals surface area contributed by atoms with E-state index < -0.39 is 11.9 Å². The Balaban J connectivity index is 1.48. The molecule has 2 aromatic carbocycles. The average molecular weight is 516 g/mol. The molecule has 6 rings (SSSR count). The molecule has 4 aromatic heterocycles. The highest BCUT2D eigenvalue weighted by molar-refractivity contribution is 6.04. The number of nitrogens with two attached hydrogens (primary N) is 1. The molecule has 0 saturated heterocycles. The van der Waals surface area contributed by atoms with Crippen LogP contribution in [0.25, 0.3) is 22.1 Å². The van der Waals surface area contributed by atoms with Gasteiger partial charge in [-0.05, 0) is 48.6 Å². The number of para-hydroxylation sites is 1. The van der Waals surface area contributed by atoms with Crippen LogP contribution < -0.4 is 16.6 Å². The van der Waals surface area contributed by atoms with Crippen LogP contribution in [-0.2, 0) is 0 Å². The molecule has 0 aliphatic rings. The van der Waals surface area contributed by atoms with Crippen LogP contribution in [0.2, 0.25) is 0 Å². The number of oxazole rings is 1. The molecule has 0 aliphatic heterocycles. The van der Waals surface area contributed by atoms with Gasteiger partial charge in [-0.3, -0.25) is 14.2 Å². The molecule has 39 heavy (non-hydrogen) atoms. The summed E-state index contributed by atoms with van der Waals surface area (Å²) in [7, 11) is 0. The Bertz CT molecular complexity index is 1960. The lowest BCUT2D eigenvalue weighted by molar-refractivity contribution is 0.0941. The van der Waals surface area contributed by atoms with Gasteiger partial charge in [0, 0.05) is 29.3 Å². The molecule has 10 nitrogen and oxygen atoms in total. The summed E-state index contributed by atoms with van der Waals surface area (Å²) in [6.07, 6.45) is 5.97. The predicted octanol–water partition coefficient (Wildman–Crippen LogP) is 3.49. The second-order valence-corrected chi connectivity index (χ2v) is 8.78. The van der Waals surface area contributed by atoms with Gasteiger partial charge in [-0.25, -0.2) is 14.5 Å². The summed E-state index contributed by atoms with van der Waals surface area (Å²) in [5.41, 5.74) is 8.55. The Morgan fingerprint density at radius 2 is 1.92 bits per heavy atom. The summed E-state index contributed by atoms with van der Waals surface area (Å²) in [6, 6.07) is 17.7. The predicted molar refractivity (Wildman–Crippen MR) is 145 cm³/mol. The van der Waals surface area contributed by atoms with Gasteiger partial charge in [0.2, 0.25) is 0 Å². The molecule has 0 radical (unpaired) electrons. The van der Waals surface area contributed by atoms with Gasteiger partial charge in [0.1, 0.15) is 11.8 Å². The fraction of sp³-hybridized carbons (Fsp3) is 0.0690. The van der Waals surface area contributed by atoms with Crippen molar-refractivity contribution in [2.75, 3.05) is 5.73 Å². The van der Waals surface area contributed by atoms with Crippen molar-refractivity contribution in [3.63, 3.8) is 0 Å². The average Bonchev–Trinajstić information content (AvgIpc) is 3.59. The maximum Gasteiger partial charge on any atom is 0.264 e. The minimum Gasteiger partial charge on any atom is -0.450 e. The Kier molecular flexibility index (Phi) is 5.86. The lowest BCUT2D eigenvalue weighted by atomic mass is 10.0. The van der Waals surface area contributed by atoms with E-state index in [2.05, 4.69) is 32.2 Å². The molecule has 0 fully saturated rings. The van der Waals surface area contributed by atoms with Gasteiger partial charge in [-0.15, -0.1) is 5.10 Å². The molecule has 6 aromatic rings. The highest BCUT2D eigenvalue weighted by atomic mass is 16.3. The number of nitrogens with zero attached hydrogens (tertiary/aromatic N) is 5. The van der Waals surface area contributed by atoms with E-state index >= 15 is 0 Å². The van der Waals surface area contributed by atoms with E-state index in [-0.39, 0.29) is 16.9 Å². The number of aromatic nitrogens is 5. The fourth-order valence-corrected chi connectivity index (χ4v) is 4.52. The zero-order valence-electron chi connectivity index (χ0n) is 20.7.